The highest BCUT2D eigenvalue weighted by atomic mass is 19.4. The number of ether oxygens (including phenoxy) is 1. The SMILES string of the molecule is NC=C(C=NCc1nc2cnc3ccc(F)cc3c2n1C1CCOCC1)C(F)(F)F. The van der Waals surface area contributed by atoms with E-state index >= 15 is 0 Å². The highest BCUT2D eigenvalue weighted by Crippen LogP contribution is 2.32. The lowest BCUT2D eigenvalue weighted by Gasteiger charge is -2.26. The summed E-state index contributed by atoms with van der Waals surface area (Å²) < 4.78 is 60.0. The van der Waals surface area contributed by atoms with E-state index in [9.17, 15) is 17.6 Å². The van der Waals surface area contributed by atoms with Crippen LogP contribution in [0.2, 0.25) is 0 Å². The van der Waals surface area contributed by atoms with Crippen molar-refractivity contribution in [3.8, 4) is 0 Å². The van der Waals surface area contributed by atoms with Gasteiger partial charge in [0.1, 0.15) is 17.2 Å². The van der Waals surface area contributed by atoms with Gasteiger partial charge in [-0.25, -0.2) is 9.37 Å². The van der Waals surface area contributed by atoms with Crippen LogP contribution in [0, 0.1) is 5.82 Å². The minimum absolute atomic E-state index is 0.00922. The summed E-state index contributed by atoms with van der Waals surface area (Å²) in [7, 11) is 0. The number of halogens is 4. The second kappa shape index (κ2) is 8.02. The molecule has 0 aliphatic carbocycles. The van der Waals surface area contributed by atoms with Crippen LogP contribution in [0.4, 0.5) is 17.6 Å². The second-order valence-corrected chi connectivity index (χ2v) is 6.98. The highest BCUT2D eigenvalue weighted by molar-refractivity contribution is 6.02. The van der Waals surface area contributed by atoms with Crippen molar-refractivity contribution >= 4 is 28.2 Å². The molecule has 0 amide bonds. The predicted octanol–water partition coefficient (Wildman–Crippen LogP) is 4.05. The smallest absolute Gasteiger partial charge is 0.404 e. The average molecular weight is 421 g/mol. The number of alkyl halides is 3. The van der Waals surface area contributed by atoms with Gasteiger partial charge in [-0.2, -0.15) is 13.2 Å². The van der Waals surface area contributed by atoms with Gasteiger partial charge in [-0.1, -0.05) is 0 Å². The molecule has 1 aliphatic rings. The first-order valence-corrected chi connectivity index (χ1v) is 9.40. The Morgan fingerprint density at radius 2 is 2.03 bits per heavy atom. The maximum absolute atomic E-state index is 14.0. The molecular weight excluding hydrogens is 402 g/mol. The summed E-state index contributed by atoms with van der Waals surface area (Å²) in [6, 6.07) is 4.33. The Kier molecular flexibility index (Phi) is 5.42. The molecule has 3 heterocycles. The van der Waals surface area contributed by atoms with Gasteiger partial charge in [-0.3, -0.25) is 9.98 Å². The highest BCUT2D eigenvalue weighted by Gasteiger charge is 2.32. The molecule has 2 N–H and O–H groups in total. The minimum atomic E-state index is -4.59. The molecule has 0 spiro atoms. The monoisotopic (exact) mass is 421 g/mol. The number of rotatable bonds is 4. The first kappa shape index (κ1) is 20.3. The third-order valence-corrected chi connectivity index (χ3v) is 5.08. The van der Waals surface area contributed by atoms with Crippen LogP contribution in [-0.2, 0) is 11.3 Å². The molecule has 0 bridgehead atoms. The molecule has 30 heavy (non-hydrogen) atoms. The second-order valence-electron chi connectivity index (χ2n) is 6.98. The molecule has 1 aromatic carbocycles. The first-order chi connectivity index (χ1) is 14.4. The number of fused-ring (bicyclic) bond motifs is 3. The van der Waals surface area contributed by atoms with Gasteiger partial charge in [0.2, 0.25) is 0 Å². The zero-order chi connectivity index (χ0) is 21.3. The molecule has 6 nitrogen and oxygen atoms in total. The molecular formula is C20H19F4N5O. The number of imidazole rings is 1. The van der Waals surface area contributed by atoms with Crippen LogP contribution in [0.5, 0.6) is 0 Å². The molecule has 0 saturated carbocycles. The van der Waals surface area contributed by atoms with Gasteiger partial charge < -0.3 is 15.0 Å². The number of aromatic nitrogens is 3. The van der Waals surface area contributed by atoms with E-state index in [0.29, 0.717) is 66.2 Å². The number of benzene rings is 1. The van der Waals surface area contributed by atoms with E-state index in [-0.39, 0.29) is 12.6 Å². The number of nitrogens with two attached hydrogens (primary N) is 1. The Hall–Kier alpha value is -3.01. The average Bonchev–Trinajstić information content (AvgIpc) is 3.09. The van der Waals surface area contributed by atoms with Crippen LogP contribution in [0.25, 0.3) is 21.9 Å². The molecule has 1 fully saturated rings. The van der Waals surface area contributed by atoms with Crippen LogP contribution >= 0.6 is 0 Å². The summed E-state index contributed by atoms with van der Waals surface area (Å²) in [4.78, 5) is 12.8. The van der Waals surface area contributed by atoms with Crippen molar-refractivity contribution in [3.63, 3.8) is 0 Å². The van der Waals surface area contributed by atoms with Crippen LogP contribution in [0.3, 0.4) is 0 Å². The fourth-order valence-corrected chi connectivity index (χ4v) is 3.68. The standard InChI is InChI=1S/C20H19F4N5O/c21-13-1-2-16-15(7-13)19-17(10-27-16)28-18(29(19)14-3-5-30-6-4-14)11-26-9-12(8-25)20(22,23)24/h1-2,7-10,14H,3-6,11,25H2. The van der Waals surface area contributed by atoms with Gasteiger partial charge in [0.25, 0.3) is 0 Å². The van der Waals surface area contributed by atoms with E-state index < -0.39 is 17.6 Å². The molecule has 1 aliphatic heterocycles. The van der Waals surface area contributed by atoms with Crippen LogP contribution in [0.1, 0.15) is 24.7 Å². The maximum atomic E-state index is 14.0. The van der Waals surface area contributed by atoms with Gasteiger partial charge in [0, 0.05) is 37.1 Å². The van der Waals surface area contributed by atoms with E-state index in [1.165, 1.54) is 12.1 Å². The number of nitrogens with zero attached hydrogens (tertiary/aromatic N) is 4. The largest absolute Gasteiger partial charge is 0.419 e. The van der Waals surface area contributed by atoms with Gasteiger partial charge in [-0.05, 0) is 31.0 Å². The molecule has 158 valence electrons. The summed E-state index contributed by atoms with van der Waals surface area (Å²) in [5.41, 5.74) is 5.88. The van der Waals surface area contributed by atoms with Crippen LogP contribution < -0.4 is 5.73 Å². The lowest BCUT2D eigenvalue weighted by Crippen LogP contribution is -2.21. The number of hydrogen-bond acceptors (Lipinski definition) is 5. The maximum Gasteiger partial charge on any atom is 0.419 e. The Bertz CT molecular complexity index is 1130. The van der Waals surface area contributed by atoms with E-state index in [0.717, 1.165) is 0 Å². The van der Waals surface area contributed by atoms with Crippen molar-refractivity contribution in [2.75, 3.05) is 13.2 Å². The van der Waals surface area contributed by atoms with Crippen molar-refractivity contribution < 1.29 is 22.3 Å². The Labute approximate surface area is 169 Å². The normalized spacial score (nSPS) is 16.9. The summed E-state index contributed by atoms with van der Waals surface area (Å²) in [6.07, 6.45) is -0.416. The quantitative estimate of drug-likeness (QED) is 0.509. The molecule has 0 radical (unpaired) electrons. The molecule has 0 unspecified atom stereocenters. The summed E-state index contributed by atoms with van der Waals surface area (Å²) in [5.74, 6) is 0.0734. The van der Waals surface area contributed by atoms with E-state index in [4.69, 9.17) is 10.5 Å². The number of pyridine rings is 1. The van der Waals surface area contributed by atoms with Gasteiger partial charge in [-0.15, -0.1) is 0 Å². The fourth-order valence-electron chi connectivity index (χ4n) is 3.68. The third kappa shape index (κ3) is 3.87. The van der Waals surface area contributed by atoms with Crippen LogP contribution in [-0.4, -0.2) is 40.1 Å². The van der Waals surface area contributed by atoms with Crippen molar-refractivity contribution in [1.82, 2.24) is 14.5 Å². The predicted molar refractivity (Wildman–Crippen MR) is 105 cm³/mol. The van der Waals surface area contributed by atoms with Crippen molar-refractivity contribution in [3.05, 3.63) is 47.8 Å². The molecule has 4 rings (SSSR count). The summed E-state index contributed by atoms with van der Waals surface area (Å²) in [5, 5.41) is 0.597. The number of allylic oxidation sites excluding steroid dienone is 1. The lowest BCUT2D eigenvalue weighted by atomic mass is 10.1. The molecule has 2 aromatic heterocycles. The van der Waals surface area contributed by atoms with Gasteiger partial charge >= 0.3 is 6.18 Å². The molecule has 10 heteroatoms. The van der Waals surface area contributed by atoms with Crippen molar-refractivity contribution in [1.29, 1.82) is 0 Å². The lowest BCUT2D eigenvalue weighted by molar-refractivity contribution is -0.0857. The topological polar surface area (TPSA) is 78.3 Å². The Morgan fingerprint density at radius 1 is 1.27 bits per heavy atom. The molecule has 1 saturated heterocycles. The van der Waals surface area contributed by atoms with Crippen molar-refractivity contribution in [2.24, 2.45) is 10.7 Å². The molecule has 0 atom stereocenters. The van der Waals surface area contributed by atoms with Crippen LogP contribution in [0.15, 0.2) is 41.2 Å². The van der Waals surface area contributed by atoms with Crippen molar-refractivity contribution in [2.45, 2.75) is 31.6 Å². The van der Waals surface area contributed by atoms with E-state index in [1.807, 2.05) is 4.57 Å². The number of aliphatic imine (C=N–C) groups is 1. The fraction of sp³-hybridized carbons (Fsp3) is 0.350. The third-order valence-electron chi connectivity index (χ3n) is 5.08. The zero-order valence-electron chi connectivity index (χ0n) is 15.9. The molecule has 3 aromatic rings. The van der Waals surface area contributed by atoms with Gasteiger partial charge in [0.15, 0.2) is 0 Å². The number of hydrogen-bond donors (Lipinski definition) is 1. The first-order valence-electron chi connectivity index (χ1n) is 9.40. The summed E-state index contributed by atoms with van der Waals surface area (Å²) in [6.45, 7) is 1.02. The Morgan fingerprint density at radius 3 is 2.73 bits per heavy atom. The Balaban J connectivity index is 1.82. The van der Waals surface area contributed by atoms with E-state index in [2.05, 4.69) is 15.0 Å². The summed E-state index contributed by atoms with van der Waals surface area (Å²) >= 11 is 0. The minimum Gasteiger partial charge on any atom is -0.404 e. The zero-order valence-corrected chi connectivity index (χ0v) is 15.9. The van der Waals surface area contributed by atoms with Gasteiger partial charge in [0.05, 0.1) is 29.3 Å². The van der Waals surface area contributed by atoms with E-state index in [1.54, 1.807) is 12.3 Å².